The third kappa shape index (κ3) is 5.44. The van der Waals surface area contributed by atoms with Gasteiger partial charge in [0.2, 0.25) is 5.91 Å². The topological polar surface area (TPSA) is 79.3 Å². The molecule has 1 amide bonds. The molecule has 118 valence electrons. The number of hydrogen-bond acceptors (Lipinski definition) is 4. The van der Waals surface area contributed by atoms with E-state index in [1.54, 1.807) is 11.3 Å². The van der Waals surface area contributed by atoms with Crippen molar-refractivity contribution in [2.45, 2.75) is 38.5 Å². The molecule has 1 heterocycles. The van der Waals surface area contributed by atoms with Gasteiger partial charge in [0.05, 0.1) is 15.2 Å². The molecule has 0 spiro atoms. The number of fused-ring (bicyclic) bond motifs is 1. The zero-order valence-electron chi connectivity index (χ0n) is 12.4. The maximum Gasteiger partial charge on any atom is 0.303 e. The fraction of sp³-hybridized carbons (Fsp3) is 0.438. The van der Waals surface area contributed by atoms with Gasteiger partial charge in [-0.05, 0) is 37.8 Å². The van der Waals surface area contributed by atoms with Crippen molar-refractivity contribution in [1.29, 1.82) is 0 Å². The summed E-state index contributed by atoms with van der Waals surface area (Å²) < 4.78 is 1.21. The zero-order valence-corrected chi connectivity index (χ0v) is 13.2. The summed E-state index contributed by atoms with van der Waals surface area (Å²) in [4.78, 5) is 26.4. The van der Waals surface area contributed by atoms with Crippen LogP contribution in [0.2, 0.25) is 0 Å². The first-order chi connectivity index (χ1) is 10.6. The van der Waals surface area contributed by atoms with Crippen LogP contribution in [0.15, 0.2) is 24.3 Å². The summed E-state index contributed by atoms with van der Waals surface area (Å²) in [5.41, 5.74) is 1.05. The Labute approximate surface area is 133 Å². The second-order valence-corrected chi connectivity index (χ2v) is 6.24. The number of thiazole rings is 1. The van der Waals surface area contributed by atoms with Crippen LogP contribution in [-0.4, -0.2) is 28.5 Å². The van der Waals surface area contributed by atoms with E-state index in [2.05, 4.69) is 16.4 Å². The number of carbonyl (C=O) groups excluding carboxylic acids is 1. The normalized spacial score (nSPS) is 10.7. The first-order valence-electron chi connectivity index (χ1n) is 7.48. The molecular weight excluding hydrogens is 300 g/mol. The summed E-state index contributed by atoms with van der Waals surface area (Å²) in [6.45, 7) is 0.636. The second kappa shape index (κ2) is 8.48. The zero-order chi connectivity index (χ0) is 15.8. The largest absolute Gasteiger partial charge is 0.481 e. The van der Waals surface area contributed by atoms with Crippen LogP contribution < -0.4 is 5.32 Å². The van der Waals surface area contributed by atoms with Crippen molar-refractivity contribution >= 4 is 33.4 Å². The molecule has 0 aliphatic rings. The predicted molar refractivity (Wildman–Crippen MR) is 87.1 cm³/mol. The Balaban J connectivity index is 1.59. The van der Waals surface area contributed by atoms with Gasteiger partial charge >= 0.3 is 5.97 Å². The average molecular weight is 320 g/mol. The van der Waals surface area contributed by atoms with Gasteiger partial charge in [0.25, 0.3) is 0 Å². The average Bonchev–Trinajstić information content (AvgIpc) is 2.89. The van der Waals surface area contributed by atoms with E-state index < -0.39 is 5.97 Å². The van der Waals surface area contributed by atoms with Gasteiger partial charge in [-0.2, -0.15) is 0 Å². The number of amides is 1. The van der Waals surface area contributed by atoms with Gasteiger partial charge in [0.1, 0.15) is 0 Å². The second-order valence-electron chi connectivity index (χ2n) is 5.13. The molecule has 2 aromatic rings. The van der Waals surface area contributed by atoms with E-state index in [0.717, 1.165) is 29.8 Å². The number of carbonyl (C=O) groups is 2. The summed E-state index contributed by atoms with van der Waals surface area (Å²) in [5, 5.41) is 12.5. The van der Waals surface area contributed by atoms with Gasteiger partial charge in [-0.1, -0.05) is 12.1 Å². The molecule has 0 radical (unpaired) electrons. The Morgan fingerprint density at radius 1 is 1.14 bits per heavy atom. The lowest BCUT2D eigenvalue weighted by atomic mass is 10.2. The Morgan fingerprint density at radius 3 is 2.73 bits per heavy atom. The number of nitrogens with one attached hydrogen (secondary N) is 1. The van der Waals surface area contributed by atoms with Gasteiger partial charge in [-0.25, -0.2) is 4.98 Å². The van der Waals surface area contributed by atoms with Crippen molar-refractivity contribution in [3.8, 4) is 0 Å². The number of carboxylic acids is 1. The number of rotatable bonds is 9. The number of carboxylic acid groups (broad SMARTS) is 1. The minimum atomic E-state index is -0.858. The van der Waals surface area contributed by atoms with Crippen LogP contribution in [0.25, 0.3) is 10.2 Å². The third-order valence-corrected chi connectivity index (χ3v) is 4.37. The predicted octanol–water partition coefficient (Wildman–Crippen LogP) is 2.99. The summed E-state index contributed by atoms with van der Waals surface area (Å²) in [6.07, 6.45) is 3.53. The van der Waals surface area contributed by atoms with Crippen molar-refractivity contribution in [2.24, 2.45) is 0 Å². The number of para-hydroxylation sites is 1. The van der Waals surface area contributed by atoms with E-state index in [4.69, 9.17) is 5.11 Å². The molecule has 6 heteroatoms. The Morgan fingerprint density at radius 2 is 1.95 bits per heavy atom. The van der Waals surface area contributed by atoms with Gasteiger partial charge in [0, 0.05) is 19.4 Å². The molecule has 0 aliphatic heterocycles. The molecule has 1 aromatic heterocycles. The van der Waals surface area contributed by atoms with E-state index in [9.17, 15) is 9.59 Å². The van der Waals surface area contributed by atoms with Crippen LogP contribution in [0.3, 0.4) is 0 Å². The molecule has 0 aliphatic carbocycles. The quantitative estimate of drug-likeness (QED) is 0.696. The monoisotopic (exact) mass is 320 g/mol. The van der Waals surface area contributed by atoms with Crippen LogP contribution in [0.1, 0.15) is 37.1 Å². The van der Waals surface area contributed by atoms with Crippen molar-refractivity contribution in [3.63, 3.8) is 0 Å². The van der Waals surface area contributed by atoms with E-state index in [-0.39, 0.29) is 18.7 Å². The van der Waals surface area contributed by atoms with Gasteiger partial charge in [-0.3, -0.25) is 9.59 Å². The third-order valence-electron chi connectivity index (χ3n) is 3.27. The summed E-state index contributed by atoms with van der Waals surface area (Å²) in [7, 11) is 0. The van der Waals surface area contributed by atoms with Crippen molar-refractivity contribution in [3.05, 3.63) is 29.3 Å². The highest BCUT2D eigenvalue weighted by molar-refractivity contribution is 7.18. The Hall–Kier alpha value is -1.95. The van der Waals surface area contributed by atoms with Crippen molar-refractivity contribution in [2.75, 3.05) is 6.54 Å². The first-order valence-corrected chi connectivity index (χ1v) is 8.30. The summed E-state index contributed by atoms with van der Waals surface area (Å²) in [5.74, 6) is -0.926. The van der Waals surface area contributed by atoms with Crippen LogP contribution in [0.4, 0.5) is 0 Å². The number of nitrogens with zero attached hydrogens (tertiary/aromatic N) is 1. The molecule has 2 N–H and O–H groups in total. The van der Waals surface area contributed by atoms with E-state index in [1.165, 1.54) is 4.70 Å². The first kappa shape index (κ1) is 16.4. The SMILES string of the molecule is O=C(O)CCCC(=O)NCCCCc1nc2ccccc2s1. The number of aliphatic carboxylic acids is 1. The number of benzene rings is 1. The Bertz CT molecular complexity index is 606. The highest BCUT2D eigenvalue weighted by Gasteiger charge is 2.04. The molecule has 5 nitrogen and oxygen atoms in total. The van der Waals surface area contributed by atoms with Crippen LogP contribution in [-0.2, 0) is 16.0 Å². The molecule has 0 bridgehead atoms. The highest BCUT2D eigenvalue weighted by atomic mass is 32.1. The van der Waals surface area contributed by atoms with Crippen molar-refractivity contribution < 1.29 is 14.7 Å². The molecule has 1 aromatic carbocycles. The Kier molecular flexibility index (Phi) is 6.33. The molecule has 0 saturated carbocycles. The lowest BCUT2D eigenvalue weighted by molar-refractivity contribution is -0.137. The number of aryl methyl sites for hydroxylation is 1. The van der Waals surface area contributed by atoms with E-state index in [0.29, 0.717) is 13.0 Å². The van der Waals surface area contributed by atoms with Crippen LogP contribution >= 0.6 is 11.3 Å². The van der Waals surface area contributed by atoms with Crippen molar-refractivity contribution in [1.82, 2.24) is 10.3 Å². The summed E-state index contributed by atoms with van der Waals surface area (Å²) >= 11 is 1.72. The lowest BCUT2D eigenvalue weighted by Crippen LogP contribution is -2.24. The smallest absolute Gasteiger partial charge is 0.303 e. The van der Waals surface area contributed by atoms with Crippen LogP contribution in [0.5, 0.6) is 0 Å². The van der Waals surface area contributed by atoms with Gasteiger partial charge < -0.3 is 10.4 Å². The summed E-state index contributed by atoms with van der Waals surface area (Å²) in [6, 6.07) is 8.11. The maximum absolute atomic E-state index is 11.5. The van der Waals surface area contributed by atoms with Gasteiger partial charge in [0.15, 0.2) is 0 Å². The lowest BCUT2D eigenvalue weighted by Gasteiger charge is -2.03. The molecule has 0 unspecified atom stereocenters. The minimum absolute atomic E-state index is 0.0467. The van der Waals surface area contributed by atoms with E-state index >= 15 is 0 Å². The minimum Gasteiger partial charge on any atom is -0.481 e. The standard InChI is InChI=1S/C16H20N2O3S/c19-14(8-5-10-16(20)21)17-11-4-3-9-15-18-12-6-1-2-7-13(12)22-15/h1-2,6-7H,3-5,8-11H2,(H,17,19)(H,20,21). The maximum atomic E-state index is 11.5. The fourth-order valence-corrected chi connectivity index (χ4v) is 3.15. The highest BCUT2D eigenvalue weighted by Crippen LogP contribution is 2.22. The van der Waals surface area contributed by atoms with Gasteiger partial charge in [-0.15, -0.1) is 11.3 Å². The molecular formula is C16H20N2O3S. The molecule has 22 heavy (non-hydrogen) atoms. The molecule has 0 fully saturated rings. The number of unbranched alkanes of at least 4 members (excludes halogenated alkanes) is 1. The van der Waals surface area contributed by atoms with Crippen LogP contribution in [0, 0.1) is 0 Å². The molecule has 0 atom stereocenters. The fourth-order valence-electron chi connectivity index (χ4n) is 2.14. The van der Waals surface area contributed by atoms with E-state index in [1.807, 2.05) is 18.2 Å². The molecule has 2 rings (SSSR count). The molecule has 0 saturated heterocycles. The number of hydrogen-bond donors (Lipinski definition) is 2. The number of aromatic nitrogens is 1.